The molecule has 0 bridgehead atoms. The molecule has 1 aromatic heterocycles. The molecule has 0 saturated heterocycles. The van der Waals surface area contributed by atoms with Crippen LogP contribution in [0.5, 0.6) is 11.5 Å². The van der Waals surface area contributed by atoms with Crippen LogP contribution in [0.4, 0.5) is 0 Å². The zero-order valence-electron chi connectivity index (χ0n) is 14.7. The largest absolute Gasteiger partial charge is 0.497 e. The van der Waals surface area contributed by atoms with Gasteiger partial charge >= 0.3 is 0 Å². The molecule has 5 nitrogen and oxygen atoms in total. The zero-order valence-corrected chi connectivity index (χ0v) is 15.5. The standard InChI is InChI=1S/C18H25N3O2S/c1-19-18(21(2)10-9-16-6-5-11-24-16)20-13-14-7-8-15(22-3)12-17(14)23-4/h5-8,11-12H,9-10,13H2,1-4H3,(H,19,20). The summed E-state index contributed by atoms with van der Waals surface area (Å²) in [6.45, 7) is 1.56. The van der Waals surface area contributed by atoms with E-state index in [1.807, 2.05) is 25.2 Å². The molecule has 0 amide bonds. The van der Waals surface area contributed by atoms with Crippen LogP contribution in [0.3, 0.4) is 0 Å². The van der Waals surface area contributed by atoms with Crippen LogP contribution < -0.4 is 14.8 Å². The number of guanidine groups is 1. The van der Waals surface area contributed by atoms with E-state index in [-0.39, 0.29) is 0 Å². The highest BCUT2D eigenvalue weighted by atomic mass is 32.1. The molecule has 1 aromatic carbocycles. The predicted octanol–water partition coefficient (Wildman–Crippen LogP) is 3.02. The third-order valence-electron chi connectivity index (χ3n) is 3.78. The third kappa shape index (κ3) is 4.89. The number of ether oxygens (including phenoxy) is 2. The molecule has 2 rings (SSSR count). The number of hydrogen-bond donors (Lipinski definition) is 1. The van der Waals surface area contributed by atoms with Crippen LogP contribution in [-0.2, 0) is 13.0 Å². The van der Waals surface area contributed by atoms with Gasteiger partial charge in [-0.25, -0.2) is 0 Å². The summed E-state index contributed by atoms with van der Waals surface area (Å²) >= 11 is 1.79. The van der Waals surface area contributed by atoms with E-state index in [1.54, 1.807) is 32.6 Å². The highest BCUT2D eigenvalue weighted by Gasteiger charge is 2.09. The second-order valence-electron chi connectivity index (χ2n) is 5.33. The van der Waals surface area contributed by atoms with Gasteiger partial charge in [-0.15, -0.1) is 11.3 Å². The molecule has 0 aliphatic rings. The maximum atomic E-state index is 5.44. The molecule has 0 radical (unpaired) electrons. The molecule has 0 fully saturated rings. The van der Waals surface area contributed by atoms with Gasteiger partial charge in [-0.1, -0.05) is 6.07 Å². The molecule has 130 valence electrons. The molecule has 2 aromatic rings. The maximum absolute atomic E-state index is 5.44. The summed E-state index contributed by atoms with van der Waals surface area (Å²) in [4.78, 5) is 7.88. The molecule has 0 atom stereocenters. The van der Waals surface area contributed by atoms with E-state index in [0.717, 1.165) is 36.0 Å². The first-order valence-corrected chi connectivity index (χ1v) is 8.71. The Bertz CT molecular complexity index is 656. The van der Waals surface area contributed by atoms with E-state index >= 15 is 0 Å². The van der Waals surface area contributed by atoms with Crippen LogP contribution in [0.15, 0.2) is 40.7 Å². The van der Waals surface area contributed by atoms with Crippen molar-refractivity contribution >= 4 is 17.3 Å². The Morgan fingerprint density at radius 1 is 1.25 bits per heavy atom. The van der Waals surface area contributed by atoms with Crippen molar-refractivity contribution in [2.24, 2.45) is 4.99 Å². The van der Waals surface area contributed by atoms with Crippen molar-refractivity contribution in [2.45, 2.75) is 13.0 Å². The Balaban J connectivity index is 1.93. The number of aliphatic imine (C=N–C) groups is 1. The average Bonchev–Trinajstić information content (AvgIpc) is 3.14. The first kappa shape index (κ1) is 18.1. The topological polar surface area (TPSA) is 46.1 Å². The molecule has 0 unspecified atom stereocenters. The van der Waals surface area contributed by atoms with Gasteiger partial charge in [0.25, 0.3) is 0 Å². The van der Waals surface area contributed by atoms with Gasteiger partial charge in [0.15, 0.2) is 5.96 Å². The summed E-state index contributed by atoms with van der Waals surface area (Å²) in [5.74, 6) is 2.45. The summed E-state index contributed by atoms with van der Waals surface area (Å²) in [5.41, 5.74) is 1.06. The molecular weight excluding hydrogens is 322 g/mol. The second-order valence-corrected chi connectivity index (χ2v) is 6.36. The Hall–Kier alpha value is -2.21. The molecule has 1 N–H and O–H groups in total. The van der Waals surface area contributed by atoms with Crippen molar-refractivity contribution in [1.82, 2.24) is 10.2 Å². The molecule has 1 heterocycles. The molecule has 0 aliphatic carbocycles. The van der Waals surface area contributed by atoms with E-state index in [4.69, 9.17) is 9.47 Å². The quantitative estimate of drug-likeness (QED) is 0.618. The monoisotopic (exact) mass is 347 g/mol. The van der Waals surface area contributed by atoms with E-state index in [1.165, 1.54) is 4.88 Å². The Kier molecular flexibility index (Phi) is 6.93. The van der Waals surface area contributed by atoms with Gasteiger partial charge in [-0.05, 0) is 30.0 Å². The summed E-state index contributed by atoms with van der Waals surface area (Å²) in [6, 6.07) is 10.1. The fourth-order valence-electron chi connectivity index (χ4n) is 2.40. The number of nitrogens with one attached hydrogen (secondary N) is 1. The van der Waals surface area contributed by atoms with Gasteiger partial charge in [0.05, 0.1) is 14.2 Å². The van der Waals surface area contributed by atoms with Crippen LogP contribution in [0, 0.1) is 0 Å². The van der Waals surface area contributed by atoms with Crippen molar-refractivity contribution in [2.75, 3.05) is 34.9 Å². The Morgan fingerprint density at radius 2 is 2.08 bits per heavy atom. The molecule has 0 aliphatic heterocycles. The SMILES string of the molecule is CN=C(NCc1ccc(OC)cc1OC)N(C)CCc1cccs1. The lowest BCUT2D eigenvalue weighted by atomic mass is 10.2. The molecule has 24 heavy (non-hydrogen) atoms. The van der Waals surface area contributed by atoms with Gasteiger partial charge in [-0.2, -0.15) is 0 Å². The maximum Gasteiger partial charge on any atom is 0.193 e. The molecule has 6 heteroatoms. The minimum absolute atomic E-state index is 0.642. The first-order valence-electron chi connectivity index (χ1n) is 7.83. The first-order chi connectivity index (χ1) is 11.7. The summed E-state index contributed by atoms with van der Waals surface area (Å²) in [6.07, 6.45) is 1.01. The van der Waals surface area contributed by atoms with Crippen LogP contribution in [0.25, 0.3) is 0 Å². The smallest absolute Gasteiger partial charge is 0.193 e. The summed E-state index contributed by atoms with van der Waals surface area (Å²) < 4.78 is 10.7. The van der Waals surface area contributed by atoms with E-state index in [0.29, 0.717) is 6.54 Å². The average molecular weight is 347 g/mol. The Labute approximate surface area is 147 Å². The van der Waals surface area contributed by atoms with Crippen molar-refractivity contribution in [3.63, 3.8) is 0 Å². The van der Waals surface area contributed by atoms with Crippen LogP contribution in [0.2, 0.25) is 0 Å². The summed E-state index contributed by atoms with van der Waals surface area (Å²) in [5, 5.41) is 5.50. The minimum atomic E-state index is 0.642. The van der Waals surface area contributed by atoms with Crippen LogP contribution in [0.1, 0.15) is 10.4 Å². The van der Waals surface area contributed by atoms with E-state index < -0.39 is 0 Å². The number of thiophene rings is 1. The fourth-order valence-corrected chi connectivity index (χ4v) is 3.09. The second kappa shape index (κ2) is 9.17. The normalized spacial score (nSPS) is 11.2. The third-order valence-corrected chi connectivity index (χ3v) is 4.71. The molecule has 0 spiro atoms. The number of methoxy groups -OCH3 is 2. The highest BCUT2D eigenvalue weighted by molar-refractivity contribution is 7.09. The number of hydrogen-bond acceptors (Lipinski definition) is 4. The van der Waals surface area contributed by atoms with Crippen molar-refractivity contribution in [1.29, 1.82) is 0 Å². The van der Waals surface area contributed by atoms with Gasteiger partial charge in [-0.3, -0.25) is 4.99 Å². The molecular formula is C18H25N3O2S. The number of rotatable bonds is 7. The van der Waals surface area contributed by atoms with Crippen LogP contribution in [-0.4, -0.2) is 45.7 Å². The van der Waals surface area contributed by atoms with Crippen molar-refractivity contribution in [3.8, 4) is 11.5 Å². The fraction of sp³-hybridized carbons (Fsp3) is 0.389. The lowest BCUT2D eigenvalue weighted by Crippen LogP contribution is -2.39. The van der Waals surface area contributed by atoms with Gasteiger partial charge in [0, 0.05) is 43.7 Å². The summed E-state index contributed by atoms with van der Waals surface area (Å²) in [7, 11) is 7.17. The minimum Gasteiger partial charge on any atom is -0.497 e. The lowest BCUT2D eigenvalue weighted by Gasteiger charge is -2.22. The van der Waals surface area contributed by atoms with E-state index in [2.05, 4.69) is 32.7 Å². The van der Waals surface area contributed by atoms with Crippen molar-refractivity contribution < 1.29 is 9.47 Å². The Morgan fingerprint density at radius 3 is 2.71 bits per heavy atom. The number of likely N-dealkylation sites (N-methyl/N-ethyl adjacent to an activating group) is 1. The molecule has 0 saturated carbocycles. The van der Waals surface area contributed by atoms with Crippen LogP contribution >= 0.6 is 11.3 Å². The predicted molar refractivity (Wildman–Crippen MR) is 100 cm³/mol. The van der Waals surface area contributed by atoms with Gasteiger partial charge < -0.3 is 19.7 Å². The van der Waals surface area contributed by atoms with Gasteiger partial charge in [0.2, 0.25) is 0 Å². The van der Waals surface area contributed by atoms with Gasteiger partial charge in [0.1, 0.15) is 11.5 Å². The number of benzene rings is 1. The van der Waals surface area contributed by atoms with E-state index in [9.17, 15) is 0 Å². The van der Waals surface area contributed by atoms with Crippen molar-refractivity contribution in [3.05, 3.63) is 46.2 Å². The zero-order chi connectivity index (χ0) is 17.4. The number of nitrogens with zero attached hydrogens (tertiary/aromatic N) is 2. The highest BCUT2D eigenvalue weighted by Crippen LogP contribution is 2.24. The lowest BCUT2D eigenvalue weighted by molar-refractivity contribution is 0.390.